The second kappa shape index (κ2) is 4.47. The molecule has 1 unspecified atom stereocenters. The van der Waals surface area contributed by atoms with Crippen LogP contribution in [0.4, 0.5) is 0 Å². The lowest BCUT2D eigenvalue weighted by atomic mass is 9.91. The summed E-state index contributed by atoms with van der Waals surface area (Å²) in [6.45, 7) is 4.50. The molecule has 2 rings (SSSR count). The van der Waals surface area contributed by atoms with Gasteiger partial charge in [-0.2, -0.15) is 0 Å². The summed E-state index contributed by atoms with van der Waals surface area (Å²) in [4.78, 5) is 7.58. The van der Waals surface area contributed by atoms with Crippen molar-refractivity contribution < 1.29 is 0 Å². The van der Waals surface area contributed by atoms with Gasteiger partial charge in [0, 0.05) is 0 Å². The summed E-state index contributed by atoms with van der Waals surface area (Å²) in [5.41, 5.74) is 3.71. The summed E-state index contributed by atoms with van der Waals surface area (Å²) in [5.74, 6) is 0.655. The van der Waals surface area contributed by atoms with Crippen molar-refractivity contribution in [1.82, 2.24) is 9.97 Å². The molecule has 15 heavy (non-hydrogen) atoms. The molecule has 0 spiro atoms. The number of hydrogen-bond acceptors (Lipinski definition) is 1. The van der Waals surface area contributed by atoms with Crippen LogP contribution in [0.3, 0.4) is 0 Å². The average molecular weight is 202 g/mol. The van der Waals surface area contributed by atoms with Crippen LogP contribution in [0, 0.1) is 0 Å². The highest BCUT2D eigenvalue weighted by atomic mass is 14.9. The van der Waals surface area contributed by atoms with Gasteiger partial charge in [-0.25, -0.2) is 4.98 Å². The van der Waals surface area contributed by atoms with Crippen LogP contribution in [0.1, 0.15) is 44.6 Å². The zero-order valence-corrected chi connectivity index (χ0v) is 9.46. The van der Waals surface area contributed by atoms with Crippen LogP contribution in [0.2, 0.25) is 0 Å². The second-order valence-corrected chi connectivity index (χ2v) is 4.04. The Labute approximate surface area is 90.7 Å². The predicted molar refractivity (Wildman–Crippen MR) is 64.0 cm³/mol. The molecule has 0 fully saturated rings. The van der Waals surface area contributed by atoms with Gasteiger partial charge in [-0.05, 0) is 30.4 Å². The van der Waals surface area contributed by atoms with E-state index in [9.17, 15) is 0 Å². The molecular formula is C13H18N2. The molecule has 1 aromatic heterocycles. The Morgan fingerprint density at radius 3 is 2.93 bits per heavy atom. The van der Waals surface area contributed by atoms with Crippen LogP contribution in [-0.4, -0.2) is 9.97 Å². The van der Waals surface area contributed by atoms with Gasteiger partial charge in [-0.1, -0.05) is 32.4 Å². The number of para-hydroxylation sites is 1. The topological polar surface area (TPSA) is 28.7 Å². The quantitative estimate of drug-likeness (QED) is 0.801. The van der Waals surface area contributed by atoms with Crippen molar-refractivity contribution in [3.05, 3.63) is 30.1 Å². The number of aromatic nitrogens is 2. The van der Waals surface area contributed by atoms with Crippen molar-refractivity contribution in [3.63, 3.8) is 0 Å². The Balaban J connectivity index is 2.44. The first-order chi connectivity index (χ1) is 7.36. The van der Waals surface area contributed by atoms with E-state index >= 15 is 0 Å². The van der Waals surface area contributed by atoms with Crippen LogP contribution >= 0.6 is 0 Å². The molecule has 2 aromatic rings. The van der Waals surface area contributed by atoms with Crippen molar-refractivity contribution in [2.75, 3.05) is 0 Å². The van der Waals surface area contributed by atoms with Crippen molar-refractivity contribution in [2.24, 2.45) is 0 Å². The van der Waals surface area contributed by atoms with E-state index in [1.54, 1.807) is 6.33 Å². The molecule has 0 bridgehead atoms. The van der Waals surface area contributed by atoms with E-state index in [1.807, 2.05) is 0 Å². The molecule has 0 amide bonds. The molecule has 2 nitrogen and oxygen atoms in total. The lowest BCUT2D eigenvalue weighted by Crippen LogP contribution is -1.97. The fourth-order valence-electron chi connectivity index (χ4n) is 2.25. The zero-order chi connectivity index (χ0) is 10.7. The number of fused-ring (bicyclic) bond motifs is 1. The van der Waals surface area contributed by atoms with E-state index in [2.05, 4.69) is 42.0 Å². The van der Waals surface area contributed by atoms with E-state index in [-0.39, 0.29) is 0 Å². The van der Waals surface area contributed by atoms with Gasteiger partial charge in [0.05, 0.1) is 17.4 Å². The molecule has 0 radical (unpaired) electrons. The third kappa shape index (κ3) is 1.89. The maximum Gasteiger partial charge on any atom is 0.0931 e. The minimum Gasteiger partial charge on any atom is -0.345 e. The summed E-state index contributed by atoms with van der Waals surface area (Å²) in [6, 6.07) is 6.42. The fourth-order valence-corrected chi connectivity index (χ4v) is 2.25. The minimum atomic E-state index is 0.655. The molecule has 80 valence electrons. The number of nitrogens with one attached hydrogen (secondary N) is 1. The Bertz CT molecular complexity index is 431. The molecule has 0 aliphatic heterocycles. The Morgan fingerprint density at radius 2 is 2.20 bits per heavy atom. The smallest absolute Gasteiger partial charge is 0.0931 e. The molecule has 1 heterocycles. The number of H-pyrrole nitrogens is 1. The first-order valence-corrected chi connectivity index (χ1v) is 5.78. The van der Waals surface area contributed by atoms with E-state index in [4.69, 9.17) is 0 Å². The summed E-state index contributed by atoms with van der Waals surface area (Å²) in [7, 11) is 0. The normalized spacial score (nSPS) is 13.2. The first kappa shape index (κ1) is 10.2. The SMILES string of the molecule is CCCC(CC)c1cccc2[nH]cnc12. The monoisotopic (exact) mass is 202 g/mol. The van der Waals surface area contributed by atoms with Gasteiger partial charge in [0.15, 0.2) is 0 Å². The highest BCUT2D eigenvalue weighted by molar-refractivity contribution is 5.78. The molecule has 1 atom stereocenters. The molecule has 0 aliphatic carbocycles. The minimum absolute atomic E-state index is 0.655. The maximum atomic E-state index is 4.41. The number of hydrogen-bond donors (Lipinski definition) is 1. The lowest BCUT2D eigenvalue weighted by Gasteiger charge is -2.14. The molecule has 0 saturated carbocycles. The number of benzene rings is 1. The molecule has 0 saturated heterocycles. The van der Waals surface area contributed by atoms with E-state index in [0.717, 1.165) is 11.0 Å². The molecule has 1 aromatic carbocycles. The third-order valence-electron chi connectivity index (χ3n) is 3.05. The highest BCUT2D eigenvalue weighted by Gasteiger charge is 2.12. The van der Waals surface area contributed by atoms with Crippen LogP contribution in [-0.2, 0) is 0 Å². The largest absolute Gasteiger partial charge is 0.345 e. The zero-order valence-electron chi connectivity index (χ0n) is 9.46. The Kier molecular flexibility index (Phi) is 3.05. The molecule has 0 aliphatic rings. The molecule has 1 N–H and O–H groups in total. The van der Waals surface area contributed by atoms with Crippen molar-refractivity contribution >= 4 is 11.0 Å². The van der Waals surface area contributed by atoms with Crippen LogP contribution in [0.15, 0.2) is 24.5 Å². The van der Waals surface area contributed by atoms with Gasteiger partial charge in [0.2, 0.25) is 0 Å². The Hall–Kier alpha value is -1.31. The molecule has 2 heteroatoms. The van der Waals surface area contributed by atoms with Crippen molar-refractivity contribution in [3.8, 4) is 0 Å². The standard InChI is InChI=1S/C13H18N2/c1-3-6-10(4-2)11-7-5-8-12-13(11)15-9-14-12/h5,7-10H,3-4,6H2,1-2H3,(H,14,15). The summed E-state index contributed by atoms with van der Waals surface area (Å²) in [6.07, 6.45) is 5.47. The van der Waals surface area contributed by atoms with Gasteiger partial charge in [0.25, 0.3) is 0 Å². The fraction of sp³-hybridized carbons (Fsp3) is 0.462. The average Bonchev–Trinajstić information content (AvgIpc) is 2.73. The lowest BCUT2D eigenvalue weighted by molar-refractivity contribution is 0.599. The van der Waals surface area contributed by atoms with Crippen LogP contribution < -0.4 is 0 Å². The van der Waals surface area contributed by atoms with Gasteiger partial charge in [-0.3, -0.25) is 0 Å². The summed E-state index contributed by atoms with van der Waals surface area (Å²) in [5, 5.41) is 0. The Morgan fingerprint density at radius 1 is 1.33 bits per heavy atom. The van der Waals surface area contributed by atoms with Crippen molar-refractivity contribution in [2.45, 2.75) is 39.0 Å². The van der Waals surface area contributed by atoms with Gasteiger partial charge in [0.1, 0.15) is 0 Å². The van der Waals surface area contributed by atoms with Gasteiger partial charge < -0.3 is 4.98 Å². The molecular weight excluding hydrogens is 184 g/mol. The summed E-state index contributed by atoms with van der Waals surface area (Å²) >= 11 is 0. The van der Waals surface area contributed by atoms with Crippen molar-refractivity contribution in [1.29, 1.82) is 0 Å². The predicted octanol–water partition coefficient (Wildman–Crippen LogP) is 3.86. The maximum absolute atomic E-state index is 4.41. The first-order valence-electron chi connectivity index (χ1n) is 5.78. The van der Waals surface area contributed by atoms with E-state index in [0.29, 0.717) is 5.92 Å². The van der Waals surface area contributed by atoms with E-state index < -0.39 is 0 Å². The van der Waals surface area contributed by atoms with Crippen LogP contribution in [0.25, 0.3) is 11.0 Å². The van der Waals surface area contributed by atoms with E-state index in [1.165, 1.54) is 24.8 Å². The number of nitrogens with zero attached hydrogens (tertiary/aromatic N) is 1. The summed E-state index contributed by atoms with van der Waals surface area (Å²) < 4.78 is 0. The number of imidazole rings is 1. The highest BCUT2D eigenvalue weighted by Crippen LogP contribution is 2.29. The van der Waals surface area contributed by atoms with Crippen LogP contribution in [0.5, 0.6) is 0 Å². The second-order valence-electron chi connectivity index (χ2n) is 4.04. The van der Waals surface area contributed by atoms with Gasteiger partial charge >= 0.3 is 0 Å². The van der Waals surface area contributed by atoms with Gasteiger partial charge in [-0.15, -0.1) is 0 Å². The third-order valence-corrected chi connectivity index (χ3v) is 3.05. The number of rotatable bonds is 4. The number of aromatic amines is 1.